The summed E-state index contributed by atoms with van der Waals surface area (Å²) >= 11 is 5.06. The second kappa shape index (κ2) is 5.23. The number of thiocarbonyl (C=S) groups is 1. The third-order valence-electron chi connectivity index (χ3n) is 2.78. The maximum Gasteiger partial charge on any atom is 0.306 e. The minimum absolute atomic E-state index is 0.210. The average molecular weight is 280 g/mol. The van der Waals surface area contributed by atoms with E-state index in [2.05, 4.69) is 5.32 Å². The van der Waals surface area contributed by atoms with Gasteiger partial charge in [0.2, 0.25) is 5.91 Å². The normalized spacial score (nSPS) is 18.4. The van der Waals surface area contributed by atoms with Gasteiger partial charge >= 0.3 is 5.97 Å². The number of nitrogens with zero attached hydrogens (tertiary/aromatic N) is 1. The molecule has 0 spiro atoms. The van der Waals surface area contributed by atoms with Crippen molar-refractivity contribution in [3.8, 4) is 5.75 Å². The van der Waals surface area contributed by atoms with E-state index in [1.165, 1.54) is 4.90 Å². The number of carboxylic acids is 1. The maximum absolute atomic E-state index is 11.7. The number of carbonyl (C=O) groups excluding carboxylic acids is 1. The molecule has 0 saturated carbocycles. The van der Waals surface area contributed by atoms with Gasteiger partial charge in [0.1, 0.15) is 11.8 Å². The second-order valence-corrected chi connectivity index (χ2v) is 4.36. The Balaban J connectivity index is 2.30. The molecular formula is C12H12N2O4S. The van der Waals surface area contributed by atoms with Crippen LogP contribution in [0.4, 0.5) is 5.69 Å². The van der Waals surface area contributed by atoms with E-state index in [4.69, 9.17) is 22.1 Å². The molecule has 0 radical (unpaired) electrons. The van der Waals surface area contributed by atoms with E-state index in [0.29, 0.717) is 11.4 Å². The third-order valence-corrected chi connectivity index (χ3v) is 3.08. The highest BCUT2D eigenvalue weighted by molar-refractivity contribution is 7.80. The lowest BCUT2D eigenvalue weighted by Crippen LogP contribution is -2.36. The Kier molecular flexibility index (Phi) is 3.66. The first-order valence-corrected chi connectivity index (χ1v) is 5.93. The molecule has 1 atom stereocenters. The van der Waals surface area contributed by atoms with E-state index in [0.717, 1.165) is 0 Å². The lowest BCUT2D eigenvalue weighted by molar-refractivity contribution is -0.139. The number of anilines is 1. The molecule has 1 aliphatic heterocycles. The molecule has 1 unspecified atom stereocenters. The van der Waals surface area contributed by atoms with Gasteiger partial charge in [0.25, 0.3) is 0 Å². The van der Waals surface area contributed by atoms with Crippen LogP contribution in [-0.4, -0.2) is 35.2 Å². The number of carbonyl (C=O) groups is 2. The smallest absolute Gasteiger partial charge is 0.306 e. The number of rotatable bonds is 4. The summed E-state index contributed by atoms with van der Waals surface area (Å²) in [5, 5.41) is 11.5. The molecule has 1 aliphatic rings. The quantitative estimate of drug-likeness (QED) is 0.793. The van der Waals surface area contributed by atoms with Crippen molar-refractivity contribution in [3.63, 3.8) is 0 Å². The van der Waals surface area contributed by atoms with Gasteiger partial charge in [0.05, 0.1) is 13.5 Å². The molecule has 6 nitrogen and oxygen atoms in total. The zero-order valence-electron chi connectivity index (χ0n) is 10.1. The topological polar surface area (TPSA) is 78.9 Å². The lowest BCUT2D eigenvalue weighted by atomic mass is 10.1. The van der Waals surface area contributed by atoms with E-state index >= 15 is 0 Å². The van der Waals surface area contributed by atoms with Crippen molar-refractivity contribution in [1.82, 2.24) is 5.32 Å². The molecule has 19 heavy (non-hydrogen) atoms. The average Bonchev–Trinajstić information content (AvgIpc) is 2.64. The predicted octanol–water partition coefficient (Wildman–Crippen LogP) is 0.760. The molecule has 2 rings (SSSR count). The Labute approximate surface area is 115 Å². The number of amides is 1. The summed E-state index contributed by atoms with van der Waals surface area (Å²) in [5.41, 5.74) is 0.649. The van der Waals surface area contributed by atoms with E-state index in [-0.39, 0.29) is 11.5 Å². The van der Waals surface area contributed by atoms with Gasteiger partial charge in [-0.25, -0.2) is 0 Å². The van der Waals surface area contributed by atoms with Gasteiger partial charge < -0.3 is 20.1 Å². The minimum Gasteiger partial charge on any atom is -0.497 e. The van der Waals surface area contributed by atoms with Crippen LogP contribution in [-0.2, 0) is 9.59 Å². The standard InChI is InChI=1S/C12H12N2O4S/c1-18-8-4-2-7(3-5-8)14-9(6-10(15)16)11(17)13-12(14)19/h2-5,9H,6H2,1H3,(H,15,16)(H,13,17,19). The first kappa shape index (κ1) is 13.3. The first-order valence-electron chi connectivity index (χ1n) is 5.53. The van der Waals surface area contributed by atoms with Crippen LogP contribution in [0.5, 0.6) is 5.75 Å². The van der Waals surface area contributed by atoms with Crippen molar-refractivity contribution in [2.45, 2.75) is 12.5 Å². The van der Waals surface area contributed by atoms with Gasteiger partial charge in [-0.3, -0.25) is 9.59 Å². The van der Waals surface area contributed by atoms with Crippen LogP contribution in [0.25, 0.3) is 0 Å². The Morgan fingerprint density at radius 2 is 2.11 bits per heavy atom. The Morgan fingerprint density at radius 1 is 1.47 bits per heavy atom. The summed E-state index contributed by atoms with van der Waals surface area (Å²) in [6.07, 6.45) is -0.308. The van der Waals surface area contributed by atoms with Crippen LogP contribution in [0.3, 0.4) is 0 Å². The van der Waals surface area contributed by atoms with E-state index in [9.17, 15) is 9.59 Å². The zero-order chi connectivity index (χ0) is 14.0. The first-order chi connectivity index (χ1) is 9.02. The van der Waals surface area contributed by atoms with Crippen molar-refractivity contribution < 1.29 is 19.4 Å². The summed E-state index contributed by atoms with van der Waals surface area (Å²) in [6.45, 7) is 0. The molecule has 1 fully saturated rings. The van der Waals surface area contributed by atoms with Crippen LogP contribution >= 0.6 is 12.2 Å². The van der Waals surface area contributed by atoms with Crippen LogP contribution < -0.4 is 15.0 Å². The van der Waals surface area contributed by atoms with Crippen LogP contribution in [0.1, 0.15) is 6.42 Å². The summed E-state index contributed by atoms with van der Waals surface area (Å²) in [5.74, 6) is -0.783. The van der Waals surface area contributed by atoms with Gasteiger partial charge in [0, 0.05) is 5.69 Å². The molecule has 2 N–H and O–H groups in total. The van der Waals surface area contributed by atoms with Crippen molar-refractivity contribution in [2.75, 3.05) is 12.0 Å². The number of ether oxygens (including phenoxy) is 1. The zero-order valence-corrected chi connectivity index (χ0v) is 10.9. The lowest BCUT2D eigenvalue weighted by Gasteiger charge is -2.22. The molecule has 1 amide bonds. The predicted molar refractivity (Wildman–Crippen MR) is 72.3 cm³/mol. The monoisotopic (exact) mass is 280 g/mol. The van der Waals surface area contributed by atoms with Gasteiger partial charge in [-0.2, -0.15) is 0 Å². The SMILES string of the molecule is COc1ccc(N2C(=S)NC(=O)C2CC(=O)O)cc1. The molecule has 1 aromatic rings. The number of carboxylic acid groups (broad SMARTS) is 1. The fraction of sp³-hybridized carbons (Fsp3) is 0.250. The summed E-state index contributed by atoms with van der Waals surface area (Å²) < 4.78 is 5.04. The maximum atomic E-state index is 11.7. The highest BCUT2D eigenvalue weighted by Gasteiger charge is 2.38. The molecule has 0 aliphatic carbocycles. The molecule has 7 heteroatoms. The molecule has 1 saturated heterocycles. The van der Waals surface area contributed by atoms with E-state index in [1.54, 1.807) is 31.4 Å². The largest absolute Gasteiger partial charge is 0.497 e. The van der Waals surface area contributed by atoms with Crippen molar-refractivity contribution in [2.24, 2.45) is 0 Å². The van der Waals surface area contributed by atoms with Crippen LogP contribution in [0, 0.1) is 0 Å². The van der Waals surface area contributed by atoms with Crippen molar-refractivity contribution in [1.29, 1.82) is 0 Å². The molecular weight excluding hydrogens is 268 g/mol. The van der Waals surface area contributed by atoms with Gasteiger partial charge in [-0.15, -0.1) is 0 Å². The number of methoxy groups -OCH3 is 1. The third kappa shape index (κ3) is 2.65. The van der Waals surface area contributed by atoms with Gasteiger partial charge in [-0.1, -0.05) is 0 Å². The van der Waals surface area contributed by atoms with Crippen LogP contribution in [0.15, 0.2) is 24.3 Å². The number of hydrogen-bond acceptors (Lipinski definition) is 4. The number of nitrogens with one attached hydrogen (secondary N) is 1. The van der Waals surface area contributed by atoms with E-state index < -0.39 is 17.9 Å². The van der Waals surface area contributed by atoms with Gasteiger partial charge in [0.15, 0.2) is 5.11 Å². The highest BCUT2D eigenvalue weighted by atomic mass is 32.1. The molecule has 1 heterocycles. The minimum atomic E-state index is -1.05. The second-order valence-electron chi connectivity index (χ2n) is 3.98. The Hall–Kier alpha value is -2.15. The summed E-state index contributed by atoms with van der Waals surface area (Å²) in [7, 11) is 1.55. The van der Waals surface area contributed by atoms with Crippen molar-refractivity contribution >= 4 is 34.9 Å². The highest BCUT2D eigenvalue weighted by Crippen LogP contribution is 2.25. The fourth-order valence-electron chi connectivity index (χ4n) is 1.90. The Morgan fingerprint density at radius 3 is 2.63 bits per heavy atom. The molecule has 1 aromatic carbocycles. The van der Waals surface area contributed by atoms with E-state index in [1.807, 2.05) is 0 Å². The fourth-order valence-corrected chi connectivity index (χ4v) is 2.23. The summed E-state index contributed by atoms with van der Waals surface area (Å²) in [4.78, 5) is 24.0. The number of hydrogen-bond donors (Lipinski definition) is 2. The number of aliphatic carboxylic acids is 1. The van der Waals surface area contributed by atoms with Gasteiger partial charge in [-0.05, 0) is 36.5 Å². The Bertz CT molecular complexity index is 529. The molecule has 100 valence electrons. The molecule has 0 aromatic heterocycles. The number of benzene rings is 1. The van der Waals surface area contributed by atoms with Crippen LogP contribution in [0.2, 0.25) is 0 Å². The summed E-state index contributed by atoms with van der Waals surface area (Å²) in [6, 6.07) is 6.07. The van der Waals surface area contributed by atoms with Crippen molar-refractivity contribution in [3.05, 3.63) is 24.3 Å². The molecule has 0 bridgehead atoms.